The molecule has 5 rings (SSSR count). The minimum atomic E-state index is 0.193. The van der Waals surface area contributed by atoms with Crippen molar-refractivity contribution in [2.24, 2.45) is 11.8 Å². The van der Waals surface area contributed by atoms with Gasteiger partial charge < -0.3 is 9.64 Å². The molecule has 116 valence electrons. The second-order valence-electron chi connectivity index (χ2n) is 6.42. The van der Waals surface area contributed by atoms with E-state index in [0.717, 1.165) is 28.3 Å². The summed E-state index contributed by atoms with van der Waals surface area (Å²) in [4.78, 5) is 15.2. The summed E-state index contributed by atoms with van der Waals surface area (Å²) in [7, 11) is 1.65. The molecule has 1 atom stereocenters. The van der Waals surface area contributed by atoms with Gasteiger partial charge in [0.15, 0.2) is 5.78 Å². The van der Waals surface area contributed by atoms with Gasteiger partial charge in [0.25, 0.3) is 0 Å². The second kappa shape index (κ2) is 5.63. The van der Waals surface area contributed by atoms with Gasteiger partial charge in [0.2, 0.25) is 0 Å². The van der Waals surface area contributed by atoms with E-state index in [1.807, 2.05) is 18.2 Å². The number of fused-ring (bicyclic) bond motifs is 4. The monoisotopic (exact) mass is 316 g/mol. The minimum Gasteiger partial charge on any atom is -0.497 e. The number of ketones is 1. The fraction of sp³-hybridized carbons (Fsp3) is 0.529. The summed E-state index contributed by atoms with van der Waals surface area (Å²) in [5.74, 6) is 2.22. The van der Waals surface area contributed by atoms with E-state index in [1.54, 1.807) is 7.11 Å². The van der Waals surface area contributed by atoms with Gasteiger partial charge in [0, 0.05) is 18.4 Å². The first-order valence-corrected chi connectivity index (χ1v) is 8.71. The predicted molar refractivity (Wildman–Crippen MR) is 87.8 cm³/mol. The van der Waals surface area contributed by atoms with E-state index in [0.29, 0.717) is 18.0 Å². The Morgan fingerprint density at radius 1 is 1.41 bits per heavy atom. The van der Waals surface area contributed by atoms with Crippen LogP contribution >= 0.6 is 11.5 Å². The van der Waals surface area contributed by atoms with Crippen LogP contribution in [0.15, 0.2) is 18.2 Å². The second-order valence-corrected chi connectivity index (χ2v) is 7.22. The van der Waals surface area contributed by atoms with Gasteiger partial charge in [0.05, 0.1) is 11.8 Å². The van der Waals surface area contributed by atoms with Crippen LogP contribution < -0.4 is 4.74 Å². The molecule has 0 amide bonds. The van der Waals surface area contributed by atoms with Gasteiger partial charge in [0.1, 0.15) is 11.4 Å². The van der Waals surface area contributed by atoms with Crippen molar-refractivity contribution < 1.29 is 9.53 Å². The molecule has 0 N–H and O–H groups in total. The summed E-state index contributed by atoms with van der Waals surface area (Å²) in [5.41, 5.74) is 0.635. The Balaban J connectivity index is 1.57. The molecule has 5 heteroatoms. The summed E-state index contributed by atoms with van der Waals surface area (Å²) < 4.78 is 10.8. The maximum Gasteiger partial charge on any atom is 0.183 e. The molecule has 1 aromatic carbocycles. The number of hydrogen-bond donors (Lipinski definition) is 0. The third kappa shape index (κ3) is 2.42. The van der Waals surface area contributed by atoms with E-state index in [2.05, 4.69) is 9.27 Å². The number of Topliss-reactive ketones (excluding diaryl/α,β-unsaturated/α-hetero) is 1. The zero-order valence-electron chi connectivity index (χ0n) is 12.7. The van der Waals surface area contributed by atoms with Crippen LogP contribution in [0.25, 0.3) is 10.1 Å². The Morgan fingerprint density at radius 3 is 2.91 bits per heavy atom. The maximum absolute atomic E-state index is 12.7. The number of carbonyl (C=O) groups excluding carboxylic acids is 1. The van der Waals surface area contributed by atoms with Crippen LogP contribution in [0.2, 0.25) is 0 Å². The van der Waals surface area contributed by atoms with Crippen molar-refractivity contribution in [2.45, 2.75) is 19.3 Å². The van der Waals surface area contributed by atoms with Gasteiger partial charge in [-0.25, -0.2) is 0 Å². The fourth-order valence-corrected chi connectivity index (χ4v) is 4.67. The Labute approximate surface area is 134 Å². The van der Waals surface area contributed by atoms with Gasteiger partial charge >= 0.3 is 0 Å². The summed E-state index contributed by atoms with van der Waals surface area (Å²) >= 11 is 1.40. The van der Waals surface area contributed by atoms with Crippen LogP contribution in [0.4, 0.5) is 0 Å². The number of piperidine rings is 3. The van der Waals surface area contributed by atoms with Crippen LogP contribution in [-0.4, -0.2) is 41.8 Å². The number of nitrogens with zero attached hydrogens (tertiary/aromatic N) is 2. The van der Waals surface area contributed by atoms with E-state index in [1.165, 1.54) is 37.5 Å². The molecule has 0 unspecified atom stereocenters. The lowest BCUT2D eigenvalue weighted by molar-refractivity contribution is 0.0440. The normalized spacial score (nSPS) is 27.2. The van der Waals surface area contributed by atoms with Crippen LogP contribution in [0.5, 0.6) is 5.75 Å². The maximum atomic E-state index is 12.7. The third-order valence-corrected chi connectivity index (χ3v) is 6.01. The fourth-order valence-electron chi connectivity index (χ4n) is 3.90. The number of hydrogen-bond acceptors (Lipinski definition) is 5. The van der Waals surface area contributed by atoms with Crippen molar-refractivity contribution >= 4 is 27.4 Å². The largest absolute Gasteiger partial charge is 0.497 e. The smallest absolute Gasteiger partial charge is 0.183 e. The molecule has 3 aliphatic heterocycles. The molecule has 1 aromatic heterocycles. The van der Waals surface area contributed by atoms with Crippen molar-refractivity contribution in [3.63, 3.8) is 0 Å². The van der Waals surface area contributed by atoms with Gasteiger partial charge in [-0.2, -0.15) is 4.37 Å². The lowest BCUT2D eigenvalue weighted by Crippen LogP contribution is -2.47. The molecule has 3 fully saturated rings. The zero-order chi connectivity index (χ0) is 15.1. The lowest BCUT2D eigenvalue weighted by atomic mass is 9.76. The first-order chi connectivity index (χ1) is 10.7. The third-order valence-electron chi connectivity index (χ3n) is 5.18. The molecule has 0 radical (unpaired) electrons. The average Bonchev–Trinajstić information content (AvgIpc) is 2.99. The van der Waals surface area contributed by atoms with E-state index in [-0.39, 0.29) is 5.78 Å². The van der Waals surface area contributed by atoms with Crippen molar-refractivity contribution in [1.82, 2.24) is 9.27 Å². The molecule has 2 bridgehead atoms. The molecule has 4 heterocycles. The molecule has 3 aliphatic rings. The van der Waals surface area contributed by atoms with Gasteiger partial charge in [-0.15, -0.1) is 0 Å². The number of carbonyl (C=O) groups is 1. The molecule has 4 nitrogen and oxygen atoms in total. The van der Waals surface area contributed by atoms with E-state index < -0.39 is 0 Å². The Hall–Kier alpha value is -1.46. The van der Waals surface area contributed by atoms with Gasteiger partial charge in [-0.3, -0.25) is 4.79 Å². The highest BCUT2D eigenvalue weighted by Gasteiger charge is 2.35. The zero-order valence-corrected chi connectivity index (χ0v) is 13.6. The number of ether oxygens (including phenoxy) is 1. The number of methoxy groups -OCH3 is 1. The molecule has 22 heavy (non-hydrogen) atoms. The first kappa shape index (κ1) is 14.2. The standard InChI is InChI=1S/C17H20N2O2S/c1-21-13-2-3-16-14(9-13)17(18-22-16)15(20)8-12-10-19-6-4-11(12)5-7-19/h2-3,9,11-12H,4-8,10H2,1H3/t12-/m1/s1. The molecule has 3 saturated heterocycles. The van der Waals surface area contributed by atoms with Gasteiger partial charge in [-0.05, 0) is 67.5 Å². The Bertz CT molecular complexity index is 704. The van der Waals surface area contributed by atoms with Crippen LogP contribution in [0.3, 0.4) is 0 Å². The predicted octanol–water partition coefficient (Wildman–Crippen LogP) is 3.22. The number of aromatic nitrogens is 1. The van der Waals surface area contributed by atoms with Crippen molar-refractivity contribution in [2.75, 3.05) is 26.7 Å². The van der Waals surface area contributed by atoms with E-state index >= 15 is 0 Å². The molecular formula is C17H20N2O2S. The summed E-state index contributed by atoms with van der Waals surface area (Å²) in [6.45, 7) is 3.51. The van der Waals surface area contributed by atoms with Crippen molar-refractivity contribution in [3.05, 3.63) is 23.9 Å². The molecule has 0 spiro atoms. The quantitative estimate of drug-likeness (QED) is 0.812. The Kier molecular flexibility index (Phi) is 3.62. The van der Waals surface area contributed by atoms with E-state index in [4.69, 9.17) is 4.74 Å². The summed E-state index contributed by atoms with van der Waals surface area (Å²) in [6.07, 6.45) is 3.14. The highest BCUT2D eigenvalue weighted by molar-refractivity contribution is 7.13. The van der Waals surface area contributed by atoms with Gasteiger partial charge in [-0.1, -0.05) is 0 Å². The summed E-state index contributed by atoms with van der Waals surface area (Å²) in [6, 6.07) is 5.83. The molecule has 2 aromatic rings. The van der Waals surface area contributed by atoms with Crippen LogP contribution in [0.1, 0.15) is 29.8 Å². The lowest BCUT2D eigenvalue weighted by Gasteiger charge is -2.44. The topological polar surface area (TPSA) is 42.4 Å². The summed E-state index contributed by atoms with van der Waals surface area (Å²) in [5, 5.41) is 0.940. The molecular weight excluding hydrogens is 296 g/mol. The SMILES string of the molecule is COc1ccc2snc(C(=O)C[C@@H]3CN4CCC3CC4)c2c1. The first-order valence-electron chi connectivity index (χ1n) is 7.93. The highest BCUT2D eigenvalue weighted by atomic mass is 32.1. The number of rotatable bonds is 4. The van der Waals surface area contributed by atoms with E-state index in [9.17, 15) is 4.79 Å². The van der Waals surface area contributed by atoms with Crippen molar-refractivity contribution in [1.29, 1.82) is 0 Å². The van der Waals surface area contributed by atoms with Crippen LogP contribution in [-0.2, 0) is 0 Å². The minimum absolute atomic E-state index is 0.193. The average molecular weight is 316 g/mol. The molecule has 0 saturated carbocycles. The number of benzene rings is 1. The van der Waals surface area contributed by atoms with Crippen molar-refractivity contribution in [3.8, 4) is 5.75 Å². The highest BCUT2D eigenvalue weighted by Crippen LogP contribution is 2.36. The molecule has 0 aliphatic carbocycles. The Morgan fingerprint density at radius 2 is 2.23 bits per heavy atom. The van der Waals surface area contributed by atoms with Crippen LogP contribution in [0, 0.1) is 11.8 Å².